The molecular weight excluding hydrogens is 219 g/mol. The summed E-state index contributed by atoms with van der Waals surface area (Å²) in [5, 5.41) is 8.84. The van der Waals surface area contributed by atoms with Gasteiger partial charge in [0.1, 0.15) is 7.80 Å². The van der Waals surface area contributed by atoms with Crippen LogP contribution in [0, 0.1) is 0 Å². The summed E-state index contributed by atoms with van der Waals surface area (Å²) in [6, 6.07) is 19.2. The average molecular weight is 234 g/mol. The van der Waals surface area contributed by atoms with Gasteiger partial charge in [0.25, 0.3) is 0 Å². The Morgan fingerprint density at radius 2 is 1.06 bits per heavy atom. The van der Waals surface area contributed by atoms with Crippen molar-refractivity contribution in [3.63, 3.8) is 0 Å². The summed E-state index contributed by atoms with van der Waals surface area (Å²) >= 11 is 0. The second kappa shape index (κ2) is 7.00. The molecular formula is C13H15O2P. The lowest BCUT2D eigenvalue weighted by molar-refractivity contribution is 0.399. The molecule has 0 fully saturated rings. The molecule has 3 heteroatoms. The van der Waals surface area contributed by atoms with Crippen LogP contribution in [0.2, 0.25) is 0 Å². The van der Waals surface area contributed by atoms with E-state index in [2.05, 4.69) is 0 Å². The summed E-state index contributed by atoms with van der Waals surface area (Å²) in [5.41, 5.74) is 0. The topological polar surface area (TPSA) is 37.3 Å². The van der Waals surface area contributed by atoms with Crippen LogP contribution in [0.5, 0.6) is 0 Å². The van der Waals surface area contributed by atoms with Crippen molar-refractivity contribution >= 4 is 18.4 Å². The molecule has 0 saturated heterocycles. The van der Waals surface area contributed by atoms with Gasteiger partial charge in [0, 0.05) is 17.7 Å². The monoisotopic (exact) mass is 234 g/mol. The third kappa shape index (κ3) is 3.34. The summed E-state index contributed by atoms with van der Waals surface area (Å²) in [6.45, 7) is 0. The molecule has 0 radical (unpaired) electrons. The third-order valence-electron chi connectivity index (χ3n) is 2.07. The molecule has 2 aromatic carbocycles. The first-order valence-electron chi connectivity index (χ1n) is 4.97. The largest absolute Gasteiger partial charge is 0.400 e. The maximum atomic E-state index is 12.0. The highest BCUT2D eigenvalue weighted by Gasteiger charge is 2.03. The average Bonchev–Trinajstić information content (AvgIpc) is 2.42. The Kier molecular flexibility index (Phi) is 5.55. The Morgan fingerprint density at radius 1 is 0.750 bits per heavy atom. The smallest absolute Gasteiger partial charge is 0.131 e. The quantitative estimate of drug-likeness (QED) is 0.804. The van der Waals surface area contributed by atoms with E-state index in [0.717, 1.165) is 17.7 Å². The van der Waals surface area contributed by atoms with E-state index in [1.165, 1.54) is 0 Å². The van der Waals surface area contributed by atoms with Crippen LogP contribution in [0.1, 0.15) is 0 Å². The highest BCUT2D eigenvalue weighted by atomic mass is 31.1. The number of rotatable bonds is 2. The Bertz CT molecular complexity index is 385. The van der Waals surface area contributed by atoms with Gasteiger partial charge in [-0.25, -0.2) is 0 Å². The van der Waals surface area contributed by atoms with E-state index in [1.54, 1.807) is 0 Å². The molecule has 2 nitrogen and oxygen atoms in total. The maximum absolute atomic E-state index is 12.0. The molecule has 84 valence electrons. The van der Waals surface area contributed by atoms with Gasteiger partial charge in [-0.3, -0.25) is 0 Å². The third-order valence-corrected chi connectivity index (χ3v) is 3.79. The molecule has 0 heterocycles. The lowest BCUT2D eigenvalue weighted by atomic mass is 10.4. The van der Waals surface area contributed by atoms with Crippen LogP contribution in [-0.4, -0.2) is 12.2 Å². The van der Waals surface area contributed by atoms with Gasteiger partial charge in [-0.15, -0.1) is 0 Å². The zero-order valence-electron chi connectivity index (χ0n) is 9.13. The van der Waals surface area contributed by atoms with Gasteiger partial charge < -0.3 is 9.67 Å². The van der Waals surface area contributed by atoms with E-state index in [4.69, 9.17) is 5.11 Å². The van der Waals surface area contributed by atoms with E-state index in [-0.39, 0.29) is 0 Å². The summed E-state index contributed by atoms with van der Waals surface area (Å²) < 4.78 is 12.0. The van der Waals surface area contributed by atoms with Gasteiger partial charge in [0.05, 0.1) is 0 Å². The Hall–Kier alpha value is -1.37. The molecule has 0 bridgehead atoms. The summed E-state index contributed by atoms with van der Waals surface area (Å²) in [5.74, 6) is 0. The van der Waals surface area contributed by atoms with Gasteiger partial charge in [-0.2, -0.15) is 0 Å². The van der Waals surface area contributed by atoms with Crippen molar-refractivity contribution in [2.75, 3.05) is 7.11 Å². The van der Waals surface area contributed by atoms with Crippen LogP contribution >= 0.6 is 7.80 Å². The number of hydrogen-bond donors (Lipinski definition) is 1. The second-order valence-electron chi connectivity index (χ2n) is 3.06. The number of aliphatic hydroxyl groups is 1. The van der Waals surface area contributed by atoms with Crippen molar-refractivity contribution in [2.45, 2.75) is 0 Å². The SMILES string of the molecule is CO.O=[PH](c1ccccc1)c1ccccc1. The number of aliphatic hydroxyl groups excluding tert-OH is 1. The van der Waals surface area contributed by atoms with E-state index in [1.807, 2.05) is 60.7 Å². The van der Waals surface area contributed by atoms with Crippen LogP contribution in [0.15, 0.2) is 60.7 Å². The minimum absolute atomic E-state index is 0.920. The molecule has 0 atom stereocenters. The van der Waals surface area contributed by atoms with Crippen molar-refractivity contribution in [1.82, 2.24) is 0 Å². The fourth-order valence-electron chi connectivity index (χ4n) is 1.35. The minimum Gasteiger partial charge on any atom is -0.400 e. The summed E-state index contributed by atoms with van der Waals surface area (Å²) in [6.07, 6.45) is 0. The van der Waals surface area contributed by atoms with Gasteiger partial charge in [-0.05, 0) is 0 Å². The van der Waals surface area contributed by atoms with Crippen molar-refractivity contribution in [1.29, 1.82) is 0 Å². The Balaban J connectivity index is 0.000000606. The fourth-order valence-corrected chi connectivity index (χ4v) is 2.67. The molecule has 0 saturated carbocycles. The van der Waals surface area contributed by atoms with Gasteiger partial charge in [0.2, 0.25) is 0 Å². The van der Waals surface area contributed by atoms with Crippen LogP contribution in [0.4, 0.5) is 0 Å². The number of benzene rings is 2. The predicted octanol–water partition coefficient (Wildman–Crippen LogP) is 1.81. The highest BCUT2D eigenvalue weighted by Crippen LogP contribution is 2.18. The van der Waals surface area contributed by atoms with Crippen LogP contribution in [-0.2, 0) is 4.57 Å². The van der Waals surface area contributed by atoms with Gasteiger partial charge >= 0.3 is 0 Å². The predicted molar refractivity (Wildman–Crippen MR) is 69.3 cm³/mol. The Morgan fingerprint density at radius 3 is 1.38 bits per heavy atom. The molecule has 1 N–H and O–H groups in total. The summed E-state index contributed by atoms with van der Waals surface area (Å²) in [7, 11) is -0.795. The lowest BCUT2D eigenvalue weighted by Crippen LogP contribution is -2.04. The van der Waals surface area contributed by atoms with E-state index in [9.17, 15) is 4.57 Å². The fraction of sp³-hybridized carbons (Fsp3) is 0.0769. The molecule has 0 aliphatic carbocycles. The zero-order valence-corrected chi connectivity index (χ0v) is 10.1. The molecule has 0 aliphatic rings. The van der Waals surface area contributed by atoms with Gasteiger partial charge in [0.15, 0.2) is 0 Å². The molecule has 0 spiro atoms. The Labute approximate surface area is 96.4 Å². The van der Waals surface area contributed by atoms with Crippen molar-refractivity contribution < 1.29 is 9.67 Å². The highest BCUT2D eigenvalue weighted by molar-refractivity contribution is 7.61. The first kappa shape index (κ1) is 12.7. The molecule has 0 unspecified atom stereocenters. The van der Waals surface area contributed by atoms with Gasteiger partial charge in [-0.1, -0.05) is 60.7 Å². The van der Waals surface area contributed by atoms with Crippen LogP contribution < -0.4 is 10.6 Å². The van der Waals surface area contributed by atoms with Crippen LogP contribution in [0.25, 0.3) is 0 Å². The molecule has 0 amide bonds. The minimum atomic E-state index is -1.79. The molecule has 2 aromatic rings. The van der Waals surface area contributed by atoms with E-state index >= 15 is 0 Å². The maximum Gasteiger partial charge on any atom is 0.131 e. The first-order valence-corrected chi connectivity index (χ1v) is 6.38. The zero-order chi connectivity index (χ0) is 11.8. The van der Waals surface area contributed by atoms with E-state index in [0.29, 0.717) is 0 Å². The second-order valence-corrected chi connectivity index (χ2v) is 4.87. The molecule has 16 heavy (non-hydrogen) atoms. The normalized spacial score (nSPS) is 9.44. The first-order chi connectivity index (χ1) is 7.88. The standard InChI is InChI=1S/C12H11OP.CH4O/c13-14(11-7-3-1-4-8-11)12-9-5-2-6-10-12;1-2/h1-10,14H;2H,1H3. The number of hydrogen-bond acceptors (Lipinski definition) is 2. The van der Waals surface area contributed by atoms with Crippen molar-refractivity contribution in [3.05, 3.63) is 60.7 Å². The lowest BCUT2D eigenvalue weighted by Gasteiger charge is -2.01. The molecule has 0 aromatic heterocycles. The van der Waals surface area contributed by atoms with Crippen LogP contribution in [0.3, 0.4) is 0 Å². The van der Waals surface area contributed by atoms with E-state index < -0.39 is 7.80 Å². The summed E-state index contributed by atoms with van der Waals surface area (Å²) in [4.78, 5) is 0. The molecule has 2 rings (SSSR count). The van der Waals surface area contributed by atoms with Crippen molar-refractivity contribution in [3.8, 4) is 0 Å². The molecule has 0 aliphatic heterocycles. The van der Waals surface area contributed by atoms with Crippen molar-refractivity contribution in [2.24, 2.45) is 0 Å².